The van der Waals surface area contributed by atoms with Crippen molar-refractivity contribution in [2.75, 3.05) is 0 Å². The molecule has 5 heteroatoms. The number of thiophene rings is 1. The summed E-state index contributed by atoms with van der Waals surface area (Å²) in [5, 5.41) is 0. The fraction of sp³-hybridized carbons (Fsp3) is 0.200. The Bertz CT molecular complexity index is 889. The number of carbonyl (C=O) groups excluding carboxylic acids is 1. The zero-order valence-corrected chi connectivity index (χ0v) is 14.4. The van der Waals surface area contributed by atoms with Gasteiger partial charge >= 0.3 is 0 Å². The number of hydrogen-bond acceptors (Lipinski definition) is 3. The fourth-order valence-corrected chi connectivity index (χ4v) is 3.81. The number of hydrogen-bond donors (Lipinski definition) is 0. The van der Waals surface area contributed by atoms with Gasteiger partial charge in [-0.2, -0.15) is 0 Å². The second-order valence-corrected chi connectivity index (χ2v) is 7.21. The van der Waals surface area contributed by atoms with Crippen LogP contribution < -0.4 is 0 Å². The van der Waals surface area contributed by atoms with E-state index in [-0.39, 0.29) is 17.8 Å². The average molecular weight is 352 g/mol. The van der Waals surface area contributed by atoms with Gasteiger partial charge in [-0.25, -0.2) is 4.39 Å². The Labute approximate surface area is 149 Å². The van der Waals surface area contributed by atoms with Crippen LogP contribution in [0.5, 0.6) is 0 Å². The molecule has 1 saturated carbocycles. The van der Waals surface area contributed by atoms with Gasteiger partial charge in [-0.05, 0) is 43.2 Å². The highest BCUT2D eigenvalue weighted by molar-refractivity contribution is 7.17. The largest absolute Gasteiger partial charge is 0.329 e. The molecule has 0 saturated heterocycles. The number of benzene rings is 1. The Kier molecular flexibility index (Phi) is 4.32. The maximum Gasteiger partial charge on any atom is 0.264 e. The summed E-state index contributed by atoms with van der Waals surface area (Å²) in [4.78, 5) is 20.6. The molecule has 1 aliphatic carbocycles. The van der Waals surface area contributed by atoms with Crippen LogP contribution in [0.1, 0.15) is 28.2 Å². The second-order valence-electron chi connectivity index (χ2n) is 6.13. The summed E-state index contributed by atoms with van der Waals surface area (Å²) in [7, 11) is 0. The standard InChI is InChI=1S/C20H17FN2OS/c21-17-7-2-1-6-16(17)18-10-11-19(25-18)20(24)23(15-8-9-15)13-14-5-3-4-12-22-14/h1-7,10-12,15H,8-9,13H2. The lowest BCUT2D eigenvalue weighted by molar-refractivity contribution is 0.0732. The molecule has 1 amide bonds. The quantitative estimate of drug-likeness (QED) is 0.664. The third-order valence-electron chi connectivity index (χ3n) is 4.26. The van der Waals surface area contributed by atoms with Gasteiger partial charge in [0.05, 0.1) is 17.1 Å². The van der Waals surface area contributed by atoms with Gasteiger partial charge in [0, 0.05) is 22.7 Å². The van der Waals surface area contributed by atoms with Crippen molar-refractivity contribution in [1.82, 2.24) is 9.88 Å². The monoisotopic (exact) mass is 352 g/mol. The van der Waals surface area contributed by atoms with Crippen molar-refractivity contribution in [2.45, 2.75) is 25.4 Å². The lowest BCUT2D eigenvalue weighted by atomic mass is 10.2. The van der Waals surface area contributed by atoms with Gasteiger partial charge < -0.3 is 4.90 Å². The van der Waals surface area contributed by atoms with Crippen molar-refractivity contribution in [1.29, 1.82) is 0 Å². The summed E-state index contributed by atoms with van der Waals surface area (Å²) in [6.45, 7) is 0.511. The normalized spacial score (nSPS) is 13.6. The number of nitrogens with zero attached hydrogens (tertiary/aromatic N) is 2. The van der Waals surface area contributed by atoms with E-state index in [1.54, 1.807) is 30.5 Å². The van der Waals surface area contributed by atoms with Crippen molar-refractivity contribution in [3.63, 3.8) is 0 Å². The Balaban J connectivity index is 1.58. The van der Waals surface area contributed by atoms with Crippen molar-refractivity contribution in [2.24, 2.45) is 0 Å². The van der Waals surface area contributed by atoms with Crippen molar-refractivity contribution in [3.05, 3.63) is 77.2 Å². The highest BCUT2D eigenvalue weighted by Crippen LogP contribution is 2.34. The molecular weight excluding hydrogens is 335 g/mol. The van der Waals surface area contributed by atoms with Crippen LogP contribution in [0.2, 0.25) is 0 Å². The first-order chi connectivity index (χ1) is 12.2. The number of halogens is 1. The van der Waals surface area contributed by atoms with Crippen LogP contribution >= 0.6 is 11.3 Å². The minimum Gasteiger partial charge on any atom is -0.329 e. The molecule has 0 unspecified atom stereocenters. The number of aromatic nitrogens is 1. The molecule has 4 rings (SSSR count). The van der Waals surface area contributed by atoms with Crippen LogP contribution in [0, 0.1) is 5.82 Å². The van der Waals surface area contributed by atoms with Crippen LogP contribution in [0.15, 0.2) is 60.8 Å². The molecule has 0 radical (unpaired) electrons. The molecule has 126 valence electrons. The zero-order valence-electron chi connectivity index (χ0n) is 13.6. The predicted octanol–water partition coefficient (Wildman–Crippen LogP) is 4.75. The van der Waals surface area contributed by atoms with E-state index in [0.717, 1.165) is 23.4 Å². The van der Waals surface area contributed by atoms with E-state index in [4.69, 9.17) is 0 Å². The third kappa shape index (κ3) is 3.46. The first-order valence-electron chi connectivity index (χ1n) is 8.28. The van der Waals surface area contributed by atoms with Crippen molar-refractivity contribution in [3.8, 4) is 10.4 Å². The van der Waals surface area contributed by atoms with E-state index in [0.29, 0.717) is 17.0 Å². The fourth-order valence-electron chi connectivity index (χ4n) is 2.82. The molecule has 0 aliphatic heterocycles. The highest BCUT2D eigenvalue weighted by atomic mass is 32.1. The maximum atomic E-state index is 14.0. The molecule has 1 aromatic carbocycles. The molecule has 0 N–H and O–H groups in total. The summed E-state index contributed by atoms with van der Waals surface area (Å²) < 4.78 is 14.0. The number of rotatable bonds is 5. The molecule has 2 aromatic heterocycles. The molecule has 3 aromatic rings. The Morgan fingerprint density at radius 3 is 2.64 bits per heavy atom. The van der Waals surface area contributed by atoms with E-state index < -0.39 is 0 Å². The maximum absolute atomic E-state index is 14.0. The molecule has 1 aliphatic rings. The molecule has 0 atom stereocenters. The van der Waals surface area contributed by atoms with Gasteiger partial charge in [0.15, 0.2) is 0 Å². The van der Waals surface area contributed by atoms with Gasteiger partial charge in [-0.3, -0.25) is 9.78 Å². The van der Waals surface area contributed by atoms with Crippen LogP contribution in [0.4, 0.5) is 4.39 Å². The first-order valence-corrected chi connectivity index (χ1v) is 9.09. The lowest BCUT2D eigenvalue weighted by Gasteiger charge is -2.21. The van der Waals surface area contributed by atoms with Crippen LogP contribution in [-0.4, -0.2) is 21.8 Å². The molecule has 0 spiro atoms. The zero-order chi connectivity index (χ0) is 17.2. The summed E-state index contributed by atoms with van der Waals surface area (Å²) in [6.07, 6.45) is 3.81. The highest BCUT2D eigenvalue weighted by Gasteiger charge is 2.34. The third-order valence-corrected chi connectivity index (χ3v) is 5.37. The first kappa shape index (κ1) is 16.0. The molecular formula is C20H17FN2OS. The van der Waals surface area contributed by atoms with Crippen LogP contribution in [-0.2, 0) is 6.54 Å². The van der Waals surface area contributed by atoms with Gasteiger partial charge in [0.2, 0.25) is 0 Å². The van der Waals surface area contributed by atoms with Gasteiger partial charge in [-0.15, -0.1) is 11.3 Å². The number of carbonyl (C=O) groups is 1. The summed E-state index contributed by atoms with van der Waals surface area (Å²) >= 11 is 1.34. The van der Waals surface area contributed by atoms with Gasteiger partial charge in [0.1, 0.15) is 5.82 Å². The number of pyridine rings is 1. The molecule has 25 heavy (non-hydrogen) atoms. The Morgan fingerprint density at radius 2 is 1.92 bits per heavy atom. The topological polar surface area (TPSA) is 33.2 Å². The van der Waals surface area contributed by atoms with Crippen LogP contribution in [0.25, 0.3) is 10.4 Å². The van der Waals surface area contributed by atoms with Gasteiger partial charge in [0.25, 0.3) is 5.91 Å². The number of amides is 1. The average Bonchev–Trinajstić information content (AvgIpc) is 3.37. The second kappa shape index (κ2) is 6.76. The Hall–Kier alpha value is -2.53. The van der Waals surface area contributed by atoms with Crippen molar-refractivity contribution >= 4 is 17.2 Å². The molecule has 3 nitrogen and oxygen atoms in total. The van der Waals surface area contributed by atoms with E-state index in [1.165, 1.54) is 17.4 Å². The SMILES string of the molecule is O=C(c1ccc(-c2ccccc2F)s1)N(Cc1ccccn1)C1CC1. The van der Waals surface area contributed by atoms with E-state index in [2.05, 4.69) is 4.98 Å². The summed E-state index contributed by atoms with van der Waals surface area (Å²) in [6, 6.07) is 16.3. The predicted molar refractivity (Wildman–Crippen MR) is 96.8 cm³/mol. The minimum absolute atomic E-state index is 0.000687. The summed E-state index contributed by atoms with van der Waals surface area (Å²) in [5.74, 6) is -0.267. The van der Waals surface area contributed by atoms with Gasteiger partial charge in [-0.1, -0.05) is 24.3 Å². The Morgan fingerprint density at radius 1 is 1.12 bits per heavy atom. The van der Waals surface area contributed by atoms with E-state index in [9.17, 15) is 9.18 Å². The summed E-state index contributed by atoms with van der Waals surface area (Å²) in [5.41, 5.74) is 1.42. The van der Waals surface area contributed by atoms with E-state index in [1.807, 2.05) is 29.2 Å². The minimum atomic E-state index is -0.268. The molecule has 2 heterocycles. The van der Waals surface area contributed by atoms with E-state index >= 15 is 0 Å². The van der Waals surface area contributed by atoms with Crippen LogP contribution in [0.3, 0.4) is 0 Å². The smallest absolute Gasteiger partial charge is 0.264 e. The lowest BCUT2D eigenvalue weighted by Crippen LogP contribution is -2.32. The molecule has 0 bridgehead atoms. The van der Waals surface area contributed by atoms with Crippen molar-refractivity contribution < 1.29 is 9.18 Å². The molecule has 1 fully saturated rings.